The number of fused-ring (bicyclic) bond motifs is 8. The molecule has 0 bridgehead atoms. The zero-order chi connectivity index (χ0) is 35.3. The van der Waals surface area contributed by atoms with Gasteiger partial charge in [0.2, 0.25) is 0 Å². The number of allylic oxidation sites excluding steroid dienone is 8. The lowest BCUT2D eigenvalue weighted by Gasteiger charge is -2.28. The topological polar surface area (TPSA) is 16.4 Å². The Bertz CT molecular complexity index is 2760. The van der Waals surface area contributed by atoms with Crippen LogP contribution in [0.25, 0.3) is 60.9 Å². The highest BCUT2D eigenvalue weighted by molar-refractivity contribution is 6.33. The van der Waals surface area contributed by atoms with E-state index in [4.69, 9.17) is 22.4 Å². The predicted octanol–water partition coefficient (Wildman–Crippen LogP) is 14.2. The number of halogens is 1. The summed E-state index contributed by atoms with van der Waals surface area (Å²) in [5.41, 5.74) is 17.2. The van der Waals surface area contributed by atoms with Crippen molar-refractivity contribution < 1.29 is 4.42 Å². The molecule has 1 aliphatic heterocycles. The number of nitrogens with zero attached hydrogens (tertiary/aromatic N) is 1. The third kappa shape index (κ3) is 5.13. The molecule has 52 heavy (non-hydrogen) atoms. The molecule has 0 spiro atoms. The maximum Gasteiger partial charge on any atom is 0.136 e. The highest BCUT2D eigenvalue weighted by Gasteiger charge is 2.29. The average molecular weight is 688 g/mol. The van der Waals surface area contributed by atoms with Crippen molar-refractivity contribution in [2.24, 2.45) is 0 Å². The summed E-state index contributed by atoms with van der Waals surface area (Å²) in [5.74, 6) is 2.94. The van der Waals surface area contributed by atoms with Crippen LogP contribution in [0.4, 0.5) is 17.1 Å². The number of hydrogen-bond acceptors (Lipinski definition) is 2. The van der Waals surface area contributed by atoms with E-state index in [-0.39, 0.29) is 0 Å². The van der Waals surface area contributed by atoms with Gasteiger partial charge >= 0.3 is 0 Å². The smallest absolute Gasteiger partial charge is 0.136 e. The van der Waals surface area contributed by atoms with Crippen molar-refractivity contribution in [2.45, 2.75) is 20.3 Å². The van der Waals surface area contributed by atoms with Crippen LogP contribution in [0.15, 0.2) is 167 Å². The molecule has 2 heterocycles. The molecule has 7 aromatic rings. The number of anilines is 3. The Labute approximate surface area is 309 Å². The summed E-state index contributed by atoms with van der Waals surface area (Å²) in [4.78, 5) is 2.32. The molecular formula is C49H34ClNO. The van der Waals surface area contributed by atoms with E-state index in [1.165, 1.54) is 11.1 Å². The number of hydrogen-bond donors (Lipinski definition) is 0. The summed E-state index contributed by atoms with van der Waals surface area (Å²) in [6.45, 7) is 4.17. The first-order valence-corrected chi connectivity index (χ1v) is 18.0. The van der Waals surface area contributed by atoms with Gasteiger partial charge in [0.15, 0.2) is 0 Å². The Morgan fingerprint density at radius 1 is 0.731 bits per heavy atom. The van der Waals surface area contributed by atoms with E-state index in [1.807, 2.05) is 49.4 Å². The van der Waals surface area contributed by atoms with Gasteiger partial charge in [-0.05, 0) is 114 Å². The molecular weight excluding hydrogens is 654 g/mol. The highest BCUT2D eigenvalue weighted by Crippen LogP contribution is 2.54. The van der Waals surface area contributed by atoms with E-state index in [0.29, 0.717) is 5.02 Å². The molecule has 248 valence electrons. The van der Waals surface area contributed by atoms with Crippen molar-refractivity contribution in [3.8, 4) is 45.7 Å². The molecule has 0 atom stereocenters. The molecule has 9 rings (SSSR count). The summed E-state index contributed by atoms with van der Waals surface area (Å²) in [6.07, 6.45) is 17.3. The zero-order valence-electron chi connectivity index (χ0n) is 29.0. The van der Waals surface area contributed by atoms with Gasteiger partial charge < -0.3 is 9.32 Å². The molecule has 0 amide bonds. The minimum Gasteiger partial charge on any atom is -0.456 e. The standard InChI is InChI=1S/C49H34ClNO/c1-4-6-13-32(5-2)35-15-11-16-36(35)33-23-26-44-41(29-33)38-25-22-31(3)28-40(38)42-30-34(24-27-45(42)51(44)46-19-9-8-18-43(46)50)37-17-12-21-48-49(37)39-14-7-10-20-47(39)52-48/h2,4,6-14,16-30H,15H2,1,3H3/b6-4-,32-13+. The van der Waals surface area contributed by atoms with Gasteiger partial charge in [0.1, 0.15) is 11.2 Å². The Balaban J connectivity index is 1.32. The summed E-state index contributed by atoms with van der Waals surface area (Å²) in [6, 6.07) is 43.1. The fourth-order valence-electron chi connectivity index (χ4n) is 7.84. The summed E-state index contributed by atoms with van der Waals surface area (Å²) in [7, 11) is 0. The number of furan rings is 1. The third-order valence-corrected chi connectivity index (χ3v) is 10.5. The molecule has 1 aromatic heterocycles. The molecule has 0 fully saturated rings. The Kier molecular flexibility index (Phi) is 7.80. The molecule has 0 unspecified atom stereocenters. The van der Waals surface area contributed by atoms with Crippen molar-refractivity contribution in [3.05, 3.63) is 179 Å². The maximum atomic E-state index is 7.06. The van der Waals surface area contributed by atoms with Crippen LogP contribution in [0.5, 0.6) is 0 Å². The molecule has 0 N–H and O–H groups in total. The minimum atomic E-state index is 0.681. The number of terminal acetylenes is 1. The fourth-order valence-corrected chi connectivity index (χ4v) is 8.06. The zero-order valence-corrected chi connectivity index (χ0v) is 29.7. The van der Waals surface area contributed by atoms with E-state index in [0.717, 1.165) is 95.5 Å². The second-order valence-electron chi connectivity index (χ2n) is 13.3. The second-order valence-corrected chi connectivity index (χ2v) is 13.7. The predicted molar refractivity (Wildman–Crippen MR) is 220 cm³/mol. The van der Waals surface area contributed by atoms with Crippen LogP contribution in [0.3, 0.4) is 0 Å². The normalized spacial score (nSPS) is 13.8. The first kappa shape index (κ1) is 31.7. The molecule has 6 aromatic carbocycles. The van der Waals surface area contributed by atoms with Crippen LogP contribution in [0, 0.1) is 19.3 Å². The number of para-hydroxylation sites is 2. The van der Waals surface area contributed by atoms with Gasteiger partial charge in [-0.1, -0.05) is 120 Å². The first-order valence-electron chi connectivity index (χ1n) is 17.6. The van der Waals surface area contributed by atoms with Crippen LogP contribution in [-0.2, 0) is 0 Å². The quantitative estimate of drug-likeness (QED) is 0.132. The highest BCUT2D eigenvalue weighted by atomic mass is 35.5. The fraction of sp³-hybridized carbons (Fsp3) is 0.0612. The lowest BCUT2D eigenvalue weighted by molar-refractivity contribution is 0.669. The molecule has 3 heteroatoms. The van der Waals surface area contributed by atoms with Gasteiger partial charge in [-0.2, -0.15) is 0 Å². The van der Waals surface area contributed by atoms with Gasteiger partial charge in [-0.15, -0.1) is 6.42 Å². The molecule has 2 nitrogen and oxygen atoms in total. The second kappa shape index (κ2) is 12.8. The van der Waals surface area contributed by atoms with Gasteiger partial charge in [-0.25, -0.2) is 0 Å². The van der Waals surface area contributed by atoms with Crippen LogP contribution in [-0.4, -0.2) is 0 Å². The molecule has 0 saturated heterocycles. The van der Waals surface area contributed by atoms with Gasteiger partial charge in [0.25, 0.3) is 0 Å². The number of rotatable bonds is 5. The van der Waals surface area contributed by atoms with E-state index >= 15 is 0 Å². The van der Waals surface area contributed by atoms with Gasteiger partial charge in [0.05, 0.1) is 22.1 Å². The monoisotopic (exact) mass is 687 g/mol. The van der Waals surface area contributed by atoms with Crippen LogP contribution >= 0.6 is 11.6 Å². The Morgan fingerprint density at radius 2 is 1.48 bits per heavy atom. The number of benzene rings is 6. The van der Waals surface area contributed by atoms with Gasteiger partial charge in [0, 0.05) is 27.5 Å². The molecule has 0 radical (unpaired) electrons. The lowest BCUT2D eigenvalue weighted by Crippen LogP contribution is -2.11. The van der Waals surface area contributed by atoms with E-state index in [1.54, 1.807) is 0 Å². The summed E-state index contributed by atoms with van der Waals surface area (Å²) < 4.78 is 6.30. The van der Waals surface area contributed by atoms with Crippen LogP contribution < -0.4 is 4.90 Å². The largest absolute Gasteiger partial charge is 0.456 e. The van der Waals surface area contributed by atoms with E-state index < -0.39 is 0 Å². The van der Waals surface area contributed by atoms with E-state index in [9.17, 15) is 0 Å². The third-order valence-electron chi connectivity index (χ3n) is 10.2. The summed E-state index contributed by atoms with van der Waals surface area (Å²) in [5, 5.41) is 2.91. The van der Waals surface area contributed by atoms with Crippen molar-refractivity contribution in [1.29, 1.82) is 0 Å². The van der Waals surface area contributed by atoms with Crippen molar-refractivity contribution in [1.82, 2.24) is 0 Å². The first-order chi connectivity index (χ1) is 25.5. The maximum absolute atomic E-state index is 7.06. The Hall–Kier alpha value is -6.27. The summed E-state index contributed by atoms with van der Waals surface area (Å²) >= 11 is 7.06. The molecule has 1 aliphatic carbocycles. The average Bonchev–Trinajstić information content (AvgIpc) is 3.79. The molecule has 0 saturated carbocycles. The van der Waals surface area contributed by atoms with Crippen molar-refractivity contribution in [3.63, 3.8) is 0 Å². The van der Waals surface area contributed by atoms with E-state index in [2.05, 4.69) is 127 Å². The van der Waals surface area contributed by atoms with Crippen LogP contribution in [0.1, 0.15) is 24.5 Å². The molecule has 2 aliphatic rings. The number of aryl methyl sites for hydroxylation is 1. The van der Waals surface area contributed by atoms with Gasteiger partial charge in [-0.3, -0.25) is 0 Å². The van der Waals surface area contributed by atoms with Crippen LogP contribution in [0.2, 0.25) is 5.02 Å². The Morgan fingerprint density at radius 3 is 2.31 bits per heavy atom. The minimum absolute atomic E-state index is 0.681. The lowest BCUT2D eigenvalue weighted by atomic mass is 9.89. The SMILES string of the molecule is C#C/C(=C\C=C/C)C1=C(c2ccc3c(c2)-c2ccc(C)cc2-c2cc(-c4cccc5oc6ccccc6c45)ccc2N3c2ccccc2Cl)C=CC1. The van der Waals surface area contributed by atoms with Crippen molar-refractivity contribution in [2.75, 3.05) is 4.90 Å². The van der Waals surface area contributed by atoms with Crippen molar-refractivity contribution >= 4 is 56.2 Å².